The van der Waals surface area contributed by atoms with E-state index in [0.717, 1.165) is 24.5 Å². The highest BCUT2D eigenvalue weighted by Crippen LogP contribution is 2.31. The van der Waals surface area contributed by atoms with Gasteiger partial charge in [-0.2, -0.15) is 21.6 Å². The lowest BCUT2D eigenvalue weighted by Gasteiger charge is -2.19. The number of anilines is 1. The second-order valence-electron chi connectivity index (χ2n) is 6.01. The predicted molar refractivity (Wildman–Crippen MR) is 85.0 cm³/mol. The van der Waals surface area contributed by atoms with Gasteiger partial charge in [-0.15, -0.1) is 0 Å². The van der Waals surface area contributed by atoms with Crippen molar-refractivity contribution >= 4 is 32.9 Å². The SMILES string of the molecule is CC(C)(C)OC(=O)Nc1cc2c(OS(=O)(=O)C(F)(F)F)ccnc2cn1. The van der Waals surface area contributed by atoms with E-state index >= 15 is 0 Å². The highest BCUT2D eigenvalue weighted by atomic mass is 32.2. The summed E-state index contributed by atoms with van der Waals surface area (Å²) < 4.78 is 69.1. The number of nitrogens with one attached hydrogen (secondary N) is 1. The minimum atomic E-state index is -5.86. The summed E-state index contributed by atoms with van der Waals surface area (Å²) in [5, 5.41) is 2.19. The molecule has 0 aliphatic carbocycles. The number of nitrogens with zero attached hydrogens (tertiary/aromatic N) is 2. The third-order valence-electron chi connectivity index (χ3n) is 2.70. The number of fused-ring (bicyclic) bond motifs is 1. The topological polar surface area (TPSA) is 107 Å². The number of hydrogen-bond acceptors (Lipinski definition) is 7. The summed E-state index contributed by atoms with van der Waals surface area (Å²) in [7, 11) is -5.86. The Bertz CT molecular complexity index is 939. The van der Waals surface area contributed by atoms with Crippen LogP contribution in [0.5, 0.6) is 5.75 Å². The highest BCUT2D eigenvalue weighted by Gasteiger charge is 2.48. The maximum atomic E-state index is 12.5. The van der Waals surface area contributed by atoms with Gasteiger partial charge in [0.1, 0.15) is 11.4 Å². The van der Waals surface area contributed by atoms with Crippen molar-refractivity contribution in [2.45, 2.75) is 31.9 Å². The van der Waals surface area contributed by atoms with Crippen molar-refractivity contribution < 1.29 is 35.3 Å². The minimum Gasteiger partial charge on any atom is -0.444 e. The van der Waals surface area contributed by atoms with E-state index in [-0.39, 0.29) is 16.7 Å². The quantitative estimate of drug-likeness (QED) is 0.630. The van der Waals surface area contributed by atoms with Gasteiger partial charge in [0.15, 0.2) is 5.75 Å². The van der Waals surface area contributed by atoms with Crippen molar-refractivity contribution in [3.8, 4) is 5.75 Å². The zero-order chi connectivity index (χ0) is 19.8. The third kappa shape index (κ3) is 4.71. The van der Waals surface area contributed by atoms with Crippen LogP contribution >= 0.6 is 0 Å². The molecule has 0 fully saturated rings. The summed E-state index contributed by atoms with van der Waals surface area (Å²) in [5.41, 5.74) is -6.31. The molecule has 0 aliphatic rings. The summed E-state index contributed by atoms with van der Waals surface area (Å²) >= 11 is 0. The van der Waals surface area contributed by atoms with Crippen LogP contribution in [0.3, 0.4) is 0 Å². The molecule has 0 radical (unpaired) electrons. The van der Waals surface area contributed by atoms with Gasteiger partial charge in [-0.3, -0.25) is 10.3 Å². The first-order chi connectivity index (χ1) is 11.8. The molecule has 0 atom stereocenters. The highest BCUT2D eigenvalue weighted by molar-refractivity contribution is 7.88. The lowest BCUT2D eigenvalue weighted by atomic mass is 10.2. The molecule has 0 spiro atoms. The maximum Gasteiger partial charge on any atom is 0.534 e. The molecule has 12 heteroatoms. The van der Waals surface area contributed by atoms with Crippen molar-refractivity contribution in [2.24, 2.45) is 0 Å². The van der Waals surface area contributed by atoms with Gasteiger partial charge in [-0.25, -0.2) is 9.78 Å². The number of ether oxygens (including phenoxy) is 1. The number of alkyl halides is 3. The second-order valence-corrected chi connectivity index (χ2v) is 7.54. The van der Waals surface area contributed by atoms with E-state index < -0.39 is 33.1 Å². The molecule has 2 aromatic rings. The molecule has 0 unspecified atom stereocenters. The van der Waals surface area contributed by atoms with Gasteiger partial charge in [0.2, 0.25) is 0 Å². The van der Waals surface area contributed by atoms with Crippen molar-refractivity contribution in [1.82, 2.24) is 9.97 Å². The van der Waals surface area contributed by atoms with E-state index in [2.05, 4.69) is 19.5 Å². The molecule has 0 aliphatic heterocycles. The van der Waals surface area contributed by atoms with E-state index in [4.69, 9.17) is 4.74 Å². The van der Waals surface area contributed by atoms with Gasteiger partial charge < -0.3 is 8.92 Å². The fourth-order valence-electron chi connectivity index (χ4n) is 1.74. The molecular weight excluding hydrogens is 379 g/mol. The summed E-state index contributed by atoms with van der Waals surface area (Å²) in [4.78, 5) is 19.5. The standard InChI is InChI=1S/C14H14F3N3O5S/c1-13(2,3)24-12(21)20-11-6-8-9(7-19-11)18-5-4-10(8)25-26(22,23)14(15,16)17/h4-7H,1-3H3,(H,19,20,21). The average molecular weight is 393 g/mol. The molecule has 0 aromatic carbocycles. The molecule has 0 saturated carbocycles. The van der Waals surface area contributed by atoms with Crippen LogP contribution in [0, 0.1) is 0 Å². The summed E-state index contributed by atoms with van der Waals surface area (Å²) in [5.74, 6) is -0.698. The number of pyridine rings is 2. The Kier molecular flexibility index (Phi) is 4.99. The molecule has 1 N–H and O–H groups in total. The van der Waals surface area contributed by atoms with Crippen molar-refractivity contribution in [3.05, 3.63) is 24.5 Å². The van der Waals surface area contributed by atoms with Crippen molar-refractivity contribution in [2.75, 3.05) is 5.32 Å². The fourth-order valence-corrected chi connectivity index (χ4v) is 2.21. The lowest BCUT2D eigenvalue weighted by molar-refractivity contribution is -0.0499. The van der Waals surface area contributed by atoms with Crippen LogP contribution in [0.2, 0.25) is 0 Å². The maximum absolute atomic E-state index is 12.5. The molecule has 8 nitrogen and oxygen atoms in total. The number of halogens is 3. The van der Waals surface area contributed by atoms with E-state index in [1.165, 1.54) is 0 Å². The number of aromatic nitrogens is 2. The normalized spacial score (nSPS) is 12.7. The molecule has 142 valence electrons. The Hall–Kier alpha value is -2.63. The first kappa shape index (κ1) is 19.7. The van der Waals surface area contributed by atoms with E-state index in [0.29, 0.717) is 0 Å². The number of carbonyl (C=O) groups excluding carboxylic acids is 1. The van der Waals surface area contributed by atoms with Crippen LogP contribution in [0.25, 0.3) is 10.9 Å². The Morgan fingerprint density at radius 3 is 2.42 bits per heavy atom. The van der Waals surface area contributed by atoms with Crippen molar-refractivity contribution in [3.63, 3.8) is 0 Å². The lowest BCUT2D eigenvalue weighted by Crippen LogP contribution is -2.28. The van der Waals surface area contributed by atoms with Crippen LogP contribution in [0.4, 0.5) is 23.8 Å². The van der Waals surface area contributed by atoms with Gasteiger partial charge in [0, 0.05) is 17.6 Å². The largest absolute Gasteiger partial charge is 0.534 e. The van der Waals surface area contributed by atoms with Crippen LogP contribution in [-0.2, 0) is 14.9 Å². The molecule has 2 aromatic heterocycles. The number of carbonyl (C=O) groups is 1. The first-order valence-electron chi connectivity index (χ1n) is 7.04. The molecule has 26 heavy (non-hydrogen) atoms. The zero-order valence-corrected chi connectivity index (χ0v) is 14.6. The summed E-state index contributed by atoms with van der Waals surface area (Å²) in [6.07, 6.45) is 1.35. The Balaban J connectivity index is 2.37. The summed E-state index contributed by atoms with van der Waals surface area (Å²) in [6, 6.07) is 2.07. The van der Waals surface area contributed by atoms with Crippen LogP contribution in [0.15, 0.2) is 24.5 Å². The number of hydrogen-bond donors (Lipinski definition) is 1. The molecule has 0 saturated heterocycles. The molecule has 1 amide bonds. The van der Waals surface area contributed by atoms with E-state index in [1.54, 1.807) is 20.8 Å². The zero-order valence-electron chi connectivity index (χ0n) is 13.8. The van der Waals surface area contributed by atoms with Gasteiger partial charge in [0.25, 0.3) is 0 Å². The molecule has 2 heterocycles. The van der Waals surface area contributed by atoms with Gasteiger partial charge in [-0.1, -0.05) is 0 Å². The molecule has 0 bridgehead atoms. The smallest absolute Gasteiger partial charge is 0.444 e. The third-order valence-corrected chi connectivity index (χ3v) is 3.67. The average Bonchev–Trinajstić information content (AvgIpc) is 2.44. The van der Waals surface area contributed by atoms with Gasteiger partial charge in [0.05, 0.1) is 11.7 Å². The Morgan fingerprint density at radius 2 is 1.85 bits per heavy atom. The van der Waals surface area contributed by atoms with Crippen LogP contribution < -0.4 is 9.50 Å². The van der Waals surface area contributed by atoms with E-state index in [9.17, 15) is 26.4 Å². The molecular formula is C14H14F3N3O5S. The summed E-state index contributed by atoms with van der Waals surface area (Å²) in [6.45, 7) is 4.91. The van der Waals surface area contributed by atoms with Gasteiger partial charge in [-0.05, 0) is 26.8 Å². The number of amides is 1. The fraction of sp³-hybridized carbons (Fsp3) is 0.357. The Labute approximate surface area is 146 Å². The molecule has 2 rings (SSSR count). The van der Waals surface area contributed by atoms with Gasteiger partial charge >= 0.3 is 21.7 Å². The van der Waals surface area contributed by atoms with Crippen LogP contribution in [0.1, 0.15) is 20.8 Å². The first-order valence-corrected chi connectivity index (χ1v) is 8.45. The minimum absolute atomic E-state index is 0.0645. The Morgan fingerprint density at radius 1 is 1.19 bits per heavy atom. The van der Waals surface area contributed by atoms with Crippen molar-refractivity contribution in [1.29, 1.82) is 0 Å². The predicted octanol–water partition coefficient (Wildman–Crippen LogP) is 3.21. The second kappa shape index (κ2) is 6.59. The monoisotopic (exact) mass is 393 g/mol. The van der Waals surface area contributed by atoms with Crippen LogP contribution in [-0.4, -0.2) is 35.6 Å². The van der Waals surface area contributed by atoms with E-state index in [1.807, 2.05) is 0 Å². The number of rotatable bonds is 3.